The van der Waals surface area contributed by atoms with E-state index >= 15 is 0 Å². The van der Waals surface area contributed by atoms with Crippen LogP contribution in [-0.2, 0) is 13.1 Å². The SMILES string of the molecule is CCc1cn(Cn2c(=O)c(C)cn(C3CC(O)[C@@H](CO)S3)c2=O)nn1. The highest BCUT2D eigenvalue weighted by Gasteiger charge is 2.35. The van der Waals surface area contributed by atoms with Gasteiger partial charge in [-0.05, 0) is 13.3 Å². The second-order valence-corrected chi connectivity index (χ2v) is 7.52. The monoisotopic (exact) mass is 367 g/mol. The van der Waals surface area contributed by atoms with Crippen molar-refractivity contribution in [2.45, 2.75) is 50.1 Å². The fraction of sp³-hybridized carbons (Fsp3) is 0.600. The second-order valence-electron chi connectivity index (χ2n) is 6.09. The summed E-state index contributed by atoms with van der Waals surface area (Å²) in [5.74, 6) is 0. The van der Waals surface area contributed by atoms with Gasteiger partial charge in [0.05, 0.1) is 35.2 Å². The number of aromatic nitrogens is 5. The van der Waals surface area contributed by atoms with E-state index in [1.807, 2.05) is 6.92 Å². The van der Waals surface area contributed by atoms with Crippen LogP contribution in [0, 0.1) is 6.92 Å². The molecule has 2 N–H and O–H groups in total. The van der Waals surface area contributed by atoms with Crippen molar-refractivity contribution < 1.29 is 10.2 Å². The van der Waals surface area contributed by atoms with Crippen LogP contribution < -0.4 is 11.2 Å². The Morgan fingerprint density at radius 1 is 1.36 bits per heavy atom. The molecule has 2 aromatic heterocycles. The van der Waals surface area contributed by atoms with Crippen LogP contribution in [0.3, 0.4) is 0 Å². The van der Waals surface area contributed by atoms with E-state index in [1.54, 1.807) is 13.1 Å². The van der Waals surface area contributed by atoms with E-state index in [9.17, 15) is 19.8 Å². The number of aryl methyl sites for hydroxylation is 2. The van der Waals surface area contributed by atoms with Crippen molar-refractivity contribution in [1.29, 1.82) is 0 Å². The number of hydrogen-bond donors (Lipinski definition) is 2. The van der Waals surface area contributed by atoms with Gasteiger partial charge < -0.3 is 10.2 Å². The highest BCUT2D eigenvalue weighted by molar-refractivity contribution is 8.00. The molecule has 2 unspecified atom stereocenters. The molecule has 0 amide bonds. The van der Waals surface area contributed by atoms with Crippen molar-refractivity contribution >= 4 is 11.8 Å². The van der Waals surface area contributed by atoms with Crippen LogP contribution in [0.2, 0.25) is 0 Å². The summed E-state index contributed by atoms with van der Waals surface area (Å²) in [6.45, 7) is 3.41. The molecule has 2 aromatic rings. The topological polar surface area (TPSA) is 115 Å². The van der Waals surface area contributed by atoms with Gasteiger partial charge in [-0.25, -0.2) is 14.0 Å². The van der Waals surface area contributed by atoms with Crippen LogP contribution >= 0.6 is 11.8 Å². The molecule has 3 atom stereocenters. The molecule has 9 nitrogen and oxygen atoms in total. The van der Waals surface area contributed by atoms with Crippen molar-refractivity contribution in [1.82, 2.24) is 24.1 Å². The van der Waals surface area contributed by atoms with E-state index < -0.39 is 11.8 Å². The van der Waals surface area contributed by atoms with Crippen LogP contribution in [0.1, 0.15) is 30.0 Å². The van der Waals surface area contributed by atoms with Gasteiger partial charge in [0.25, 0.3) is 5.56 Å². The molecule has 136 valence electrons. The molecular weight excluding hydrogens is 346 g/mol. The van der Waals surface area contributed by atoms with Gasteiger partial charge in [-0.15, -0.1) is 16.9 Å². The van der Waals surface area contributed by atoms with E-state index in [4.69, 9.17) is 0 Å². The van der Waals surface area contributed by atoms with Crippen LogP contribution in [0.15, 0.2) is 22.0 Å². The van der Waals surface area contributed by atoms with Crippen molar-refractivity contribution in [2.24, 2.45) is 0 Å². The predicted octanol–water partition coefficient (Wildman–Crippen LogP) is -0.665. The lowest BCUT2D eigenvalue weighted by atomic mass is 10.2. The summed E-state index contributed by atoms with van der Waals surface area (Å²) in [4.78, 5) is 25.2. The minimum Gasteiger partial charge on any atom is -0.395 e. The zero-order valence-corrected chi connectivity index (χ0v) is 14.9. The molecule has 1 aliphatic rings. The van der Waals surface area contributed by atoms with Gasteiger partial charge in [0.1, 0.15) is 6.67 Å². The number of aliphatic hydroxyl groups is 2. The molecular formula is C15H21N5O4S. The Balaban J connectivity index is 1.98. The van der Waals surface area contributed by atoms with E-state index in [2.05, 4.69) is 10.3 Å². The van der Waals surface area contributed by atoms with Gasteiger partial charge >= 0.3 is 5.69 Å². The van der Waals surface area contributed by atoms with Crippen LogP contribution in [-0.4, -0.2) is 52.3 Å². The lowest BCUT2D eigenvalue weighted by Gasteiger charge is -2.16. The Morgan fingerprint density at radius 3 is 2.72 bits per heavy atom. The minimum absolute atomic E-state index is 0.0181. The summed E-state index contributed by atoms with van der Waals surface area (Å²) in [6, 6.07) is 0. The molecule has 1 aliphatic heterocycles. The Labute approximate surface area is 147 Å². The molecule has 10 heteroatoms. The summed E-state index contributed by atoms with van der Waals surface area (Å²) in [5, 5.41) is 26.5. The summed E-state index contributed by atoms with van der Waals surface area (Å²) < 4.78 is 4.03. The molecule has 0 saturated carbocycles. The number of nitrogens with zero attached hydrogens (tertiary/aromatic N) is 5. The summed E-state index contributed by atoms with van der Waals surface area (Å²) >= 11 is 1.34. The average Bonchev–Trinajstić information content (AvgIpc) is 3.20. The molecule has 3 heterocycles. The molecule has 0 spiro atoms. The first-order valence-electron chi connectivity index (χ1n) is 8.10. The standard InChI is InChI=1S/C15H21N5O4S/c1-3-10-6-18(17-16-10)8-20-14(23)9(2)5-19(15(20)24)13-4-11(22)12(7-21)25-13/h5-6,11-13,21-22H,3-4,7-8H2,1-2H3/t11?,12-,13?/m1/s1. The molecule has 0 radical (unpaired) electrons. The Hall–Kier alpha value is -1.91. The maximum atomic E-state index is 12.8. The Bertz CT molecular complexity index is 874. The maximum absolute atomic E-state index is 12.8. The van der Waals surface area contributed by atoms with Crippen molar-refractivity contribution in [3.05, 3.63) is 44.5 Å². The van der Waals surface area contributed by atoms with Crippen molar-refractivity contribution in [2.75, 3.05) is 6.61 Å². The molecule has 0 aliphatic carbocycles. The second kappa shape index (κ2) is 7.14. The lowest BCUT2D eigenvalue weighted by Crippen LogP contribution is -2.42. The Kier molecular flexibility index (Phi) is 5.11. The maximum Gasteiger partial charge on any atom is 0.333 e. The smallest absolute Gasteiger partial charge is 0.333 e. The van der Waals surface area contributed by atoms with E-state index in [1.165, 1.54) is 27.2 Å². The lowest BCUT2D eigenvalue weighted by molar-refractivity contribution is 0.137. The van der Waals surface area contributed by atoms with Gasteiger partial charge in [-0.1, -0.05) is 12.1 Å². The van der Waals surface area contributed by atoms with Crippen molar-refractivity contribution in [3.8, 4) is 0 Å². The van der Waals surface area contributed by atoms with Gasteiger partial charge in [0, 0.05) is 18.2 Å². The van der Waals surface area contributed by atoms with Gasteiger partial charge in [-0.2, -0.15) is 0 Å². The predicted molar refractivity (Wildman–Crippen MR) is 92.6 cm³/mol. The molecule has 1 saturated heterocycles. The molecule has 0 bridgehead atoms. The molecule has 25 heavy (non-hydrogen) atoms. The highest BCUT2D eigenvalue weighted by atomic mass is 32.2. The first-order chi connectivity index (χ1) is 11.9. The van der Waals surface area contributed by atoms with Crippen LogP contribution in [0.4, 0.5) is 0 Å². The zero-order chi connectivity index (χ0) is 18.1. The van der Waals surface area contributed by atoms with Crippen molar-refractivity contribution in [3.63, 3.8) is 0 Å². The fourth-order valence-electron chi connectivity index (χ4n) is 2.85. The van der Waals surface area contributed by atoms with Crippen LogP contribution in [0.25, 0.3) is 0 Å². The zero-order valence-electron chi connectivity index (χ0n) is 14.1. The van der Waals surface area contributed by atoms with Gasteiger partial charge in [0.15, 0.2) is 0 Å². The molecule has 3 rings (SSSR count). The summed E-state index contributed by atoms with van der Waals surface area (Å²) in [6.07, 6.45) is 3.59. The molecule has 0 aromatic carbocycles. The van der Waals surface area contributed by atoms with E-state index in [-0.39, 0.29) is 29.5 Å². The minimum atomic E-state index is -0.685. The van der Waals surface area contributed by atoms with E-state index in [0.29, 0.717) is 18.4 Å². The number of hydrogen-bond acceptors (Lipinski definition) is 7. The third-order valence-corrected chi connectivity index (χ3v) is 5.84. The number of rotatable bonds is 5. The summed E-state index contributed by atoms with van der Waals surface area (Å²) in [7, 11) is 0. The first-order valence-corrected chi connectivity index (χ1v) is 9.04. The fourth-order valence-corrected chi connectivity index (χ4v) is 4.23. The average molecular weight is 367 g/mol. The quantitative estimate of drug-likeness (QED) is 0.720. The third-order valence-electron chi connectivity index (χ3n) is 4.30. The Morgan fingerprint density at radius 2 is 2.12 bits per heavy atom. The number of aliphatic hydroxyl groups excluding tert-OH is 2. The normalized spacial score (nSPS) is 23.3. The van der Waals surface area contributed by atoms with E-state index in [0.717, 1.165) is 10.3 Å². The summed E-state index contributed by atoms with van der Waals surface area (Å²) in [5.41, 5.74) is 0.365. The van der Waals surface area contributed by atoms with Gasteiger partial charge in [-0.3, -0.25) is 9.36 Å². The third kappa shape index (κ3) is 3.42. The van der Waals surface area contributed by atoms with Gasteiger partial charge in [0.2, 0.25) is 0 Å². The number of thioether (sulfide) groups is 1. The largest absolute Gasteiger partial charge is 0.395 e. The first kappa shape index (κ1) is 17.9. The highest BCUT2D eigenvalue weighted by Crippen LogP contribution is 2.40. The molecule has 1 fully saturated rings. The van der Waals surface area contributed by atoms with Crippen LogP contribution in [0.5, 0.6) is 0 Å².